The first-order valence-electron chi connectivity index (χ1n) is 16.7. The molecule has 2 aromatic heterocycles. The first-order chi connectivity index (χ1) is 24.7. The summed E-state index contributed by atoms with van der Waals surface area (Å²) in [6, 6.07) is 28.8. The summed E-state index contributed by atoms with van der Waals surface area (Å²) in [7, 11) is 3.25. The van der Waals surface area contributed by atoms with Crippen molar-refractivity contribution in [2.45, 2.75) is 44.3 Å². The molecule has 51 heavy (non-hydrogen) atoms. The Labute approximate surface area is 294 Å². The second kappa shape index (κ2) is 14.0. The number of aromatic amines is 1. The summed E-state index contributed by atoms with van der Waals surface area (Å²) < 4.78 is 26.2. The van der Waals surface area contributed by atoms with Gasteiger partial charge in [-0.1, -0.05) is 68.4 Å². The summed E-state index contributed by atoms with van der Waals surface area (Å²) in [6.07, 6.45) is -0.216. The highest BCUT2D eigenvalue weighted by Crippen LogP contribution is 2.43. The van der Waals surface area contributed by atoms with Crippen LogP contribution >= 0.6 is 0 Å². The van der Waals surface area contributed by atoms with E-state index in [4.69, 9.17) is 18.9 Å². The fourth-order valence-corrected chi connectivity index (χ4v) is 6.53. The van der Waals surface area contributed by atoms with Crippen LogP contribution in [0.25, 0.3) is 21.9 Å². The molecule has 4 aromatic carbocycles. The minimum atomic E-state index is -1.08. The molecule has 1 aliphatic heterocycles. The molecule has 12 heteroatoms. The number of anilines is 1. The van der Waals surface area contributed by atoms with Crippen molar-refractivity contribution in [2.24, 2.45) is 5.92 Å². The topological polar surface area (TPSA) is 150 Å². The van der Waals surface area contributed by atoms with Gasteiger partial charge in [0, 0.05) is 12.3 Å². The molecule has 1 aliphatic rings. The highest BCUT2D eigenvalue weighted by molar-refractivity contribution is 5.95. The van der Waals surface area contributed by atoms with Crippen molar-refractivity contribution in [1.29, 1.82) is 0 Å². The van der Waals surface area contributed by atoms with Gasteiger partial charge in [0.25, 0.3) is 5.56 Å². The maximum atomic E-state index is 12.9. The Hall–Kier alpha value is -5.56. The van der Waals surface area contributed by atoms with E-state index in [2.05, 4.69) is 20.3 Å². The third-order valence-corrected chi connectivity index (χ3v) is 9.32. The molecule has 3 atom stereocenters. The molecule has 0 aliphatic carbocycles. The number of benzene rings is 4. The number of ether oxygens (including phenoxy) is 4. The van der Waals surface area contributed by atoms with Crippen LogP contribution in [0.15, 0.2) is 102 Å². The maximum Gasteiger partial charge on any atom is 0.260 e. The third kappa shape index (κ3) is 6.45. The first kappa shape index (κ1) is 33.9. The number of hydrogen-bond donors (Lipinski definition) is 3. The van der Waals surface area contributed by atoms with E-state index < -0.39 is 29.6 Å². The number of aromatic nitrogens is 4. The minimum Gasteiger partial charge on any atom is -0.497 e. The predicted molar refractivity (Wildman–Crippen MR) is 192 cm³/mol. The zero-order chi connectivity index (χ0) is 35.7. The van der Waals surface area contributed by atoms with Crippen LogP contribution in [0.4, 0.5) is 5.95 Å². The number of carbonyl (C=O) groups is 1. The SMILES string of the molecule is COc1ccc(C(OC[C@H]2O[C@@H](n3cnc4cc5c(=O)[nH]c(NC(=O)C(C)C)nc5cc43)C[C@@H]2O)(c2ccccc2)c2ccc(OC)cc2)cc1. The summed E-state index contributed by atoms with van der Waals surface area (Å²) in [4.78, 5) is 36.8. The number of rotatable bonds is 11. The molecule has 3 heterocycles. The molecule has 1 amide bonds. The number of aliphatic hydroxyl groups is 1. The second-order valence-electron chi connectivity index (χ2n) is 12.8. The maximum absolute atomic E-state index is 12.9. The van der Waals surface area contributed by atoms with E-state index in [1.807, 2.05) is 83.4 Å². The van der Waals surface area contributed by atoms with Crippen molar-refractivity contribution in [2.75, 3.05) is 26.1 Å². The van der Waals surface area contributed by atoms with E-state index in [1.165, 1.54) is 0 Å². The Morgan fingerprint density at radius 2 is 1.59 bits per heavy atom. The first-order valence-corrected chi connectivity index (χ1v) is 16.7. The number of nitrogens with one attached hydrogen (secondary N) is 2. The van der Waals surface area contributed by atoms with Crippen molar-refractivity contribution in [3.05, 3.63) is 124 Å². The molecule has 0 unspecified atom stereocenters. The van der Waals surface area contributed by atoms with E-state index in [-0.39, 0.29) is 30.8 Å². The van der Waals surface area contributed by atoms with Crippen molar-refractivity contribution in [3.8, 4) is 11.5 Å². The fraction of sp³-hybridized carbons (Fsp3) is 0.282. The van der Waals surface area contributed by atoms with Crippen LogP contribution in [0.2, 0.25) is 0 Å². The van der Waals surface area contributed by atoms with Crippen LogP contribution in [0, 0.1) is 5.92 Å². The van der Waals surface area contributed by atoms with Crippen LogP contribution in [0.5, 0.6) is 11.5 Å². The number of hydrogen-bond acceptors (Lipinski definition) is 9. The fourth-order valence-electron chi connectivity index (χ4n) is 6.53. The third-order valence-electron chi connectivity index (χ3n) is 9.32. The summed E-state index contributed by atoms with van der Waals surface area (Å²) in [6.45, 7) is 3.56. The van der Waals surface area contributed by atoms with Gasteiger partial charge in [-0.2, -0.15) is 0 Å². The molecule has 0 spiro atoms. The summed E-state index contributed by atoms with van der Waals surface area (Å²) in [5.74, 6) is 0.939. The number of aliphatic hydroxyl groups excluding tert-OH is 1. The average Bonchev–Trinajstić information content (AvgIpc) is 3.74. The highest BCUT2D eigenvalue weighted by atomic mass is 16.6. The molecule has 12 nitrogen and oxygen atoms in total. The monoisotopic (exact) mass is 689 g/mol. The molecule has 6 aromatic rings. The number of imidazole rings is 1. The van der Waals surface area contributed by atoms with Gasteiger partial charge in [0.1, 0.15) is 29.4 Å². The Kier molecular flexibility index (Phi) is 9.30. The normalized spacial score (nSPS) is 17.6. The van der Waals surface area contributed by atoms with Crippen LogP contribution < -0.4 is 20.3 Å². The lowest BCUT2D eigenvalue weighted by atomic mass is 9.80. The van der Waals surface area contributed by atoms with Crippen molar-refractivity contribution < 1.29 is 28.8 Å². The number of carbonyl (C=O) groups excluding carboxylic acids is 1. The smallest absolute Gasteiger partial charge is 0.260 e. The summed E-state index contributed by atoms with van der Waals surface area (Å²) in [5.41, 5.74) is 2.76. The van der Waals surface area contributed by atoms with Gasteiger partial charge in [-0.25, -0.2) is 9.97 Å². The molecule has 262 valence electrons. The van der Waals surface area contributed by atoms with Crippen LogP contribution in [0.3, 0.4) is 0 Å². The number of nitrogens with zero attached hydrogens (tertiary/aromatic N) is 3. The van der Waals surface area contributed by atoms with Gasteiger partial charge >= 0.3 is 0 Å². The van der Waals surface area contributed by atoms with Gasteiger partial charge in [0.2, 0.25) is 11.9 Å². The zero-order valence-electron chi connectivity index (χ0n) is 28.7. The van der Waals surface area contributed by atoms with Crippen molar-refractivity contribution in [1.82, 2.24) is 19.5 Å². The second-order valence-corrected chi connectivity index (χ2v) is 12.8. The van der Waals surface area contributed by atoms with E-state index in [0.29, 0.717) is 33.4 Å². The standard InChI is InChI=1S/C39H39N5O7/c1-23(2)36(46)42-38-41-30-19-32-31(18-29(30)37(47)43-38)40-22-44(32)35-20-33(45)34(51-35)21-50-39(24-8-6-5-7-9-24,25-10-14-27(48-3)15-11-25)26-12-16-28(49-4)17-13-26/h5-19,22-23,33-35,45H,20-21H2,1-4H3,(H2,41,42,43,46,47)/t33-,34+,35+/m0/s1. The van der Waals surface area contributed by atoms with Gasteiger partial charge in [0.05, 0.1) is 55.2 Å². The van der Waals surface area contributed by atoms with Crippen LogP contribution in [-0.2, 0) is 19.9 Å². The summed E-state index contributed by atoms with van der Waals surface area (Å²) >= 11 is 0. The van der Waals surface area contributed by atoms with Crippen LogP contribution in [0.1, 0.15) is 43.2 Å². The lowest BCUT2D eigenvalue weighted by molar-refractivity contribution is -0.118. The lowest BCUT2D eigenvalue weighted by Crippen LogP contribution is -2.38. The van der Waals surface area contributed by atoms with Gasteiger partial charge in [-0.15, -0.1) is 0 Å². The molecule has 7 rings (SSSR count). The molecule has 1 saturated heterocycles. The van der Waals surface area contributed by atoms with Gasteiger partial charge < -0.3 is 28.6 Å². The Bertz CT molecular complexity index is 2170. The van der Waals surface area contributed by atoms with Gasteiger partial charge in [-0.3, -0.25) is 19.9 Å². The largest absolute Gasteiger partial charge is 0.497 e. The number of fused-ring (bicyclic) bond motifs is 2. The number of amides is 1. The highest BCUT2D eigenvalue weighted by Gasteiger charge is 2.42. The van der Waals surface area contributed by atoms with E-state index in [9.17, 15) is 14.7 Å². The minimum absolute atomic E-state index is 0.0516. The molecule has 0 radical (unpaired) electrons. The Morgan fingerprint density at radius 1 is 0.961 bits per heavy atom. The summed E-state index contributed by atoms with van der Waals surface area (Å²) in [5, 5.41) is 14.4. The van der Waals surface area contributed by atoms with Crippen molar-refractivity contribution >= 4 is 33.8 Å². The van der Waals surface area contributed by atoms with Gasteiger partial charge in [0.15, 0.2) is 0 Å². The number of H-pyrrole nitrogens is 1. The Balaban J connectivity index is 1.21. The molecule has 1 fully saturated rings. The van der Waals surface area contributed by atoms with E-state index in [1.54, 1.807) is 46.5 Å². The molecule has 0 bridgehead atoms. The molecular weight excluding hydrogens is 650 g/mol. The van der Waals surface area contributed by atoms with Gasteiger partial charge in [-0.05, 0) is 53.1 Å². The molecule has 3 N–H and O–H groups in total. The quantitative estimate of drug-likeness (QED) is 0.149. The van der Waals surface area contributed by atoms with Crippen LogP contribution in [-0.4, -0.2) is 63.6 Å². The lowest BCUT2D eigenvalue weighted by Gasteiger charge is -2.37. The Morgan fingerprint density at radius 3 is 2.20 bits per heavy atom. The zero-order valence-corrected chi connectivity index (χ0v) is 28.7. The average molecular weight is 690 g/mol. The van der Waals surface area contributed by atoms with Crippen molar-refractivity contribution in [3.63, 3.8) is 0 Å². The van der Waals surface area contributed by atoms with E-state index in [0.717, 1.165) is 16.7 Å². The van der Waals surface area contributed by atoms with E-state index >= 15 is 0 Å². The predicted octanol–water partition coefficient (Wildman–Crippen LogP) is 5.54. The molecular formula is C39H39N5O7. The molecule has 0 saturated carbocycles. The number of methoxy groups -OCH3 is 2.